The highest BCUT2D eigenvalue weighted by atomic mass is 79.9. The average Bonchev–Trinajstić information content (AvgIpc) is 2.08. The van der Waals surface area contributed by atoms with Crippen LogP contribution < -0.4 is 0 Å². The molecule has 0 bridgehead atoms. The Hall–Kier alpha value is -0.170. The van der Waals surface area contributed by atoms with E-state index < -0.39 is 17.1 Å². The summed E-state index contributed by atoms with van der Waals surface area (Å²) in [5.41, 5.74) is 0.528. The van der Waals surface area contributed by atoms with Gasteiger partial charge in [-0.3, -0.25) is 4.18 Å². The van der Waals surface area contributed by atoms with Crippen LogP contribution in [0, 0.1) is 0 Å². The lowest BCUT2D eigenvalue weighted by molar-refractivity contribution is 0.245. The summed E-state index contributed by atoms with van der Waals surface area (Å²) >= 11 is 8.97. The number of nitrogens with zero attached hydrogens (tertiary/aromatic N) is 1. The van der Waals surface area contributed by atoms with Crippen molar-refractivity contribution >= 4 is 38.5 Å². The second-order valence-electron chi connectivity index (χ2n) is 2.50. The quantitative estimate of drug-likeness (QED) is 0.686. The van der Waals surface area contributed by atoms with Crippen LogP contribution in [0.15, 0.2) is 16.7 Å². The fraction of sp³-hybridized carbons (Fsp3) is 0.286. The van der Waals surface area contributed by atoms with Crippen molar-refractivity contribution in [3.05, 3.63) is 27.5 Å². The van der Waals surface area contributed by atoms with Gasteiger partial charge in [-0.05, 0) is 28.9 Å². The molecule has 0 aliphatic carbocycles. The van der Waals surface area contributed by atoms with Gasteiger partial charge in [0.05, 0.1) is 0 Å². The van der Waals surface area contributed by atoms with E-state index in [2.05, 4.69) is 25.1 Å². The van der Waals surface area contributed by atoms with Crippen molar-refractivity contribution in [1.82, 2.24) is 4.98 Å². The molecule has 1 rings (SSSR count). The molecule has 1 aromatic rings. The molecule has 78 valence electrons. The Morgan fingerprint density at radius 1 is 1.64 bits per heavy atom. The number of thiol groups is 1. The number of hydrogen-bond donors (Lipinski definition) is 1. The molecule has 0 aromatic carbocycles. The van der Waals surface area contributed by atoms with Crippen LogP contribution in [0.2, 0.25) is 5.15 Å². The molecule has 0 saturated heterocycles. The molecule has 0 radical (unpaired) electrons. The van der Waals surface area contributed by atoms with Gasteiger partial charge in [0.1, 0.15) is 11.3 Å². The van der Waals surface area contributed by atoms with Crippen molar-refractivity contribution in [2.45, 2.75) is 13.0 Å². The first-order chi connectivity index (χ1) is 6.50. The molecule has 0 aliphatic rings. The standard InChI is InChI=1S/C7H7BrClNO3S/c1-4(13-14(11)12)6-2-5(8)3-10-7(6)9/h2-4,14H,1H3. The SMILES string of the molecule is CC(O[SH](=O)=O)c1cc(Br)cnc1Cl. The van der Waals surface area contributed by atoms with Gasteiger partial charge >= 0.3 is 0 Å². The highest BCUT2D eigenvalue weighted by Crippen LogP contribution is 2.26. The molecule has 0 fully saturated rings. The van der Waals surface area contributed by atoms with Crippen LogP contribution >= 0.6 is 27.5 Å². The summed E-state index contributed by atoms with van der Waals surface area (Å²) in [5, 5.41) is 0.234. The summed E-state index contributed by atoms with van der Waals surface area (Å²) in [5.74, 6) is 0. The van der Waals surface area contributed by atoms with Crippen LogP contribution in [0.1, 0.15) is 18.6 Å². The van der Waals surface area contributed by atoms with Crippen molar-refractivity contribution in [3.8, 4) is 0 Å². The molecule has 1 heterocycles. The van der Waals surface area contributed by atoms with Gasteiger partial charge < -0.3 is 0 Å². The van der Waals surface area contributed by atoms with Crippen molar-refractivity contribution < 1.29 is 12.6 Å². The third kappa shape index (κ3) is 3.20. The summed E-state index contributed by atoms with van der Waals surface area (Å²) in [4.78, 5) is 3.85. The van der Waals surface area contributed by atoms with Crippen molar-refractivity contribution in [3.63, 3.8) is 0 Å². The molecular weight excluding hydrogens is 294 g/mol. The molecule has 1 atom stereocenters. The van der Waals surface area contributed by atoms with Crippen LogP contribution in [-0.2, 0) is 15.2 Å². The first-order valence-electron chi connectivity index (χ1n) is 3.63. The Balaban J connectivity index is 2.99. The van der Waals surface area contributed by atoms with Gasteiger partial charge in [0.25, 0.3) is 11.0 Å². The smallest absolute Gasteiger partial charge is 0.257 e. The number of halogens is 2. The fourth-order valence-corrected chi connectivity index (χ4v) is 1.89. The number of aromatic nitrogens is 1. The van der Waals surface area contributed by atoms with Gasteiger partial charge in [-0.2, -0.15) is 0 Å². The summed E-state index contributed by atoms with van der Waals surface area (Å²) in [6.07, 6.45) is 0.893. The van der Waals surface area contributed by atoms with E-state index in [1.165, 1.54) is 6.20 Å². The van der Waals surface area contributed by atoms with Crippen LogP contribution in [0.4, 0.5) is 0 Å². The predicted octanol–water partition coefficient (Wildman–Crippen LogP) is 2.10. The predicted molar refractivity (Wildman–Crippen MR) is 56.8 cm³/mol. The third-order valence-corrected chi connectivity index (χ3v) is 2.75. The molecule has 1 aromatic heterocycles. The lowest BCUT2D eigenvalue weighted by Gasteiger charge is -2.09. The van der Waals surface area contributed by atoms with E-state index in [0.717, 1.165) is 0 Å². The maximum absolute atomic E-state index is 10.3. The molecule has 7 heteroatoms. The van der Waals surface area contributed by atoms with Gasteiger partial charge in [0.2, 0.25) is 0 Å². The van der Waals surface area contributed by atoms with Crippen molar-refractivity contribution in [2.24, 2.45) is 0 Å². The summed E-state index contributed by atoms with van der Waals surface area (Å²) in [6, 6.07) is 1.67. The third-order valence-electron chi connectivity index (χ3n) is 1.51. The molecule has 0 saturated carbocycles. The Bertz CT molecular complexity index is 402. The van der Waals surface area contributed by atoms with Crippen LogP contribution in [-0.4, -0.2) is 13.4 Å². The first kappa shape index (κ1) is 11.9. The summed E-state index contributed by atoms with van der Waals surface area (Å²) in [7, 11) is -2.89. The van der Waals surface area contributed by atoms with Crippen LogP contribution in [0.25, 0.3) is 0 Å². The van der Waals surface area contributed by atoms with Gasteiger partial charge in [-0.1, -0.05) is 11.6 Å². The van der Waals surface area contributed by atoms with E-state index in [1.807, 2.05) is 0 Å². The van der Waals surface area contributed by atoms with E-state index in [4.69, 9.17) is 11.6 Å². The largest absolute Gasteiger partial charge is 0.264 e. The van der Waals surface area contributed by atoms with Gasteiger partial charge in [0, 0.05) is 16.2 Å². The zero-order valence-electron chi connectivity index (χ0n) is 7.11. The lowest BCUT2D eigenvalue weighted by Crippen LogP contribution is -2.00. The topological polar surface area (TPSA) is 56.3 Å². The minimum atomic E-state index is -2.89. The van der Waals surface area contributed by atoms with E-state index in [0.29, 0.717) is 10.0 Å². The Labute approximate surface area is 96.5 Å². The monoisotopic (exact) mass is 299 g/mol. The highest BCUT2D eigenvalue weighted by Gasteiger charge is 2.12. The van der Waals surface area contributed by atoms with E-state index in [-0.39, 0.29) is 5.15 Å². The molecule has 0 N–H and O–H groups in total. The summed E-state index contributed by atoms with van der Waals surface area (Å²) in [6.45, 7) is 1.58. The molecule has 0 amide bonds. The van der Waals surface area contributed by atoms with Gasteiger partial charge in [0.15, 0.2) is 0 Å². The van der Waals surface area contributed by atoms with E-state index >= 15 is 0 Å². The van der Waals surface area contributed by atoms with E-state index in [9.17, 15) is 8.42 Å². The lowest BCUT2D eigenvalue weighted by atomic mass is 10.2. The normalized spacial score (nSPS) is 13.1. The molecule has 0 aliphatic heterocycles. The van der Waals surface area contributed by atoms with E-state index in [1.54, 1.807) is 13.0 Å². The fourth-order valence-electron chi connectivity index (χ4n) is 0.909. The van der Waals surface area contributed by atoms with Gasteiger partial charge in [-0.15, -0.1) is 0 Å². The summed E-state index contributed by atoms with van der Waals surface area (Å²) < 4.78 is 25.9. The highest BCUT2D eigenvalue weighted by molar-refractivity contribution is 9.10. The van der Waals surface area contributed by atoms with Gasteiger partial charge in [-0.25, -0.2) is 13.4 Å². The Kier molecular flexibility index (Phi) is 4.31. The van der Waals surface area contributed by atoms with Crippen LogP contribution in [0.3, 0.4) is 0 Å². The Morgan fingerprint density at radius 3 is 2.86 bits per heavy atom. The second kappa shape index (κ2) is 5.06. The molecule has 14 heavy (non-hydrogen) atoms. The zero-order valence-corrected chi connectivity index (χ0v) is 10.3. The maximum atomic E-state index is 10.3. The first-order valence-corrected chi connectivity index (χ1v) is 5.89. The Morgan fingerprint density at radius 2 is 2.29 bits per heavy atom. The molecule has 4 nitrogen and oxygen atoms in total. The number of pyridine rings is 1. The number of hydrogen-bond acceptors (Lipinski definition) is 4. The van der Waals surface area contributed by atoms with Crippen molar-refractivity contribution in [1.29, 1.82) is 0 Å². The zero-order chi connectivity index (χ0) is 10.7. The molecule has 1 unspecified atom stereocenters. The second-order valence-corrected chi connectivity index (χ2v) is 4.44. The molecular formula is C7H7BrClNO3S. The van der Waals surface area contributed by atoms with Crippen molar-refractivity contribution in [2.75, 3.05) is 0 Å². The van der Waals surface area contributed by atoms with Crippen LogP contribution in [0.5, 0.6) is 0 Å². The minimum Gasteiger partial charge on any atom is -0.264 e. The minimum absolute atomic E-state index is 0.234. The maximum Gasteiger partial charge on any atom is 0.257 e. The average molecular weight is 301 g/mol. The molecule has 0 spiro atoms. The number of rotatable bonds is 3.